The minimum atomic E-state index is -1.18. The van der Waals surface area contributed by atoms with Gasteiger partial charge >= 0.3 is 5.97 Å². The monoisotopic (exact) mass is 450 g/mol. The number of hydrazone groups is 1. The maximum absolute atomic E-state index is 13.2. The van der Waals surface area contributed by atoms with Gasteiger partial charge in [-0.25, -0.2) is 14.2 Å². The summed E-state index contributed by atoms with van der Waals surface area (Å²) in [6.07, 6.45) is 1.33. The maximum atomic E-state index is 13.2. The van der Waals surface area contributed by atoms with E-state index >= 15 is 0 Å². The molecular weight excluding hydrogens is 434 g/mol. The molecule has 1 aliphatic heterocycles. The molecule has 0 saturated heterocycles. The zero-order valence-corrected chi connectivity index (χ0v) is 17.3. The van der Waals surface area contributed by atoms with Crippen LogP contribution in [0.3, 0.4) is 0 Å². The highest BCUT2D eigenvalue weighted by Crippen LogP contribution is 2.30. The molecule has 1 aliphatic rings. The van der Waals surface area contributed by atoms with Crippen molar-refractivity contribution >= 4 is 52.6 Å². The zero-order chi connectivity index (χ0) is 21.8. The number of rotatable bonds is 7. The predicted molar refractivity (Wildman–Crippen MR) is 113 cm³/mol. The molecule has 1 atom stereocenters. The highest BCUT2D eigenvalue weighted by atomic mass is 35.5. The van der Waals surface area contributed by atoms with Crippen LogP contribution < -0.4 is 5.01 Å². The second-order valence-corrected chi connectivity index (χ2v) is 7.37. The van der Waals surface area contributed by atoms with Crippen LogP contribution in [0.1, 0.15) is 12.0 Å². The normalized spacial score (nSPS) is 16.7. The van der Waals surface area contributed by atoms with E-state index in [0.29, 0.717) is 22.0 Å². The zero-order valence-electron chi connectivity index (χ0n) is 15.8. The van der Waals surface area contributed by atoms with Crippen LogP contribution in [0.25, 0.3) is 6.08 Å². The topological polar surface area (TPSA) is 79.2 Å². The highest BCUT2D eigenvalue weighted by Gasteiger charge is 2.37. The van der Waals surface area contributed by atoms with Crippen LogP contribution >= 0.6 is 23.2 Å². The van der Waals surface area contributed by atoms with Crippen LogP contribution in [-0.2, 0) is 14.3 Å². The molecule has 0 spiro atoms. The number of aliphatic carboxylic acids is 1. The first kappa shape index (κ1) is 22.0. The Balaban J connectivity index is 1.91. The predicted octanol–water partition coefficient (Wildman–Crippen LogP) is 4.66. The molecule has 1 amide bonds. The average molecular weight is 451 g/mol. The molecule has 9 heteroatoms. The summed E-state index contributed by atoms with van der Waals surface area (Å²) in [7, 11) is 1.45. The minimum Gasteiger partial charge on any atom is -0.478 e. The number of amides is 1. The lowest BCUT2D eigenvalue weighted by Crippen LogP contribution is -2.29. The molecule has 2 aromatic carbocycles. The lowest BCUT2D eigenvalue weighted by molar-refractivity contribution is -0.132. The highest BCUT2D eigenvalue weighted by molar-refractivity contribution is 6.42. The molecule has 0 radical (unpaired) electrons. The largest absolute Gasteiger partial charge is 0.478 e. The fraction of sp³-hybridized carbons (Fsp3) is 0.190. The fourth-order valence-corrected chi connectivity index (χ4v) is 3.33. The van der Waals surface area contributed by atoms with E-state index in [0.717, 1.165) is 5.01 Å². The summed E-state index contributed by atoms with van der Waals surface area (Å²) in [5.74, 6) is -2.87. The van der Waals surface area contributed by atoms with Crippen molar-refractivity contribution in [3.63, 3.8) is 0 Å². The van der Waals surface area contributed by atoms with Crippen LogP contribution in [0.4, 0.5) is 10.1 Å². The van der Waals surface area contributed by atoms with Gasteiger partial charge in [0.1, 0.15) is 5.82 Å². The Morgan fingerprint density at radius 2 is 1.93 bits per heavy atom. The quantitative estimate of drug-likeness (QED) is 0.622. The Morgan fingerprint density at radius 1 is 1.23 bits per heavy atom. The summed E-state index contributed by atoms with van der Waals surface area (Å²) in [6.45, 7) is 0.0494. The number of carbonyl (C=O) groups is 2. The summed E-state index contributed by atoms with van der Waals surface area (Å²) in [4.78, 5) is 24.8. The second kappa shape index (κ2) is 9.38. The molecule has 2 aromatic rings. The van der Waals surface area contributed by atoms with Crippen molar-refractivity contribution in [2.75, 3.05) is 18.7 Å². The van der Waals surface area contributed by atoms with Crippen LogP contribution in [0, 0.1) is 11.7 Å². The number of hydrogen-bond acceptors (Lipinski definition) is 4. The number of anilines is 1. The Bertz CT molecular complexity index is 1040. The van der Waals surface area contributed by atoms with Crippen LogP contribution in [0.15, 0.2) is 53.1 Å². The Hall–Kier alpha value is -2.74. The molecule has 0 aromatic heterocycles. The lowest BCUT2D eigenvalue weighted by Gasteiger charge is -2.15. The number of carboxylic acid groups (broad SMARTS) is 1. The first-order valence-corrected chi connectivity index (χ1v) is 9.60. The van der Waals surface area contributed by atoms with Gasteiger partial charge in [0.25, 0.3) is 5.91 Å². The van der Waals surface area contributed by atoms with Crippen molar-refractivity contribution in [1.82, 2.24) is 0 Å². The summed E-state index contributed by atoms with van der Waals surface area (Å²) < 4.78 is 18.3. The molecule has 0 aliphatic carbocycles. The average Bonchev–Trinajstić information content (AvgIpc) is 3.00. The third-order valence-corrected chi connectivity index (χ3v) is 5.22. The van der Waals surface area contributed by atoms with E-state index in [9.17, 15) is 19.1 Å². The van der Waals surface area contributed by atoms with E-state index in [1.165, 1.54) is 43.5 Å². The number of halogens is 3. The first-order valence-electron chi connectivity index (χ1n) is 8.85. The number of carbonyl (C=O) groups excluding carboxylic acids is 1. The number of methoxy groups -OCH3 is 1. The molecule has 0 saturated carbocycles. The van der Waals surface area contributed by atoms with Gasteiger partial charge in [-0.2, -0.15) is 5.10 Å². The molecule has 1 heterocycles. The first-order chi connectivity index (χ1) is 14.3. The molecule has 1 N–H and O–H groups in total. The van der Waals surface area contributed by atoms with E-state index in [-0.39, 0.29) is 23.6 Å². The SMILES string of the molecule is COCC1=NN(c2ccc(F)cc2)C(=O)C1CC(=Cc1ccc(Cl)c(Cl)c1)C(=O)O. The van der Waals surface area contributed by atoms with Gasteiger partial charge in [0.05, 0.1) is 34.0 Å². The molecule has 6 nitrogen and oxygen atoms in total. The molecule has 3 rings (SSSR count). The number of hydrogen-bond donors (Lipinski definition) is 1. The van der Waals surface area contributed by atoms with Gasteiger partial charge in [-0.15, -0.1) is 0 Å². The van der Waals surface area contributed by atoms with Crippen molar-refractivity contribution in [3.05, 3.63) is 69.5 Å². The Morgan fingerprint density at radius 3 is 2.53 bits per heavy atom. The van der Waals surface area contributed by atoms with E-state index in [2.05, 4.69) is 5.10 Å². The molecule has 30 heavy (non-hydrogen) atoms. The van der Waals surface area contributed by atoms with Gasteiger partial charge < -0.3 is 9.84 Å². The van der Waals surface area contributed by atoms with Crippen molar-refractivity contribution in [3.8, 4) is 0 Å². The third-order valence-electron chi connectivity index (χ3n) is 4.48. The summed E-state index contributed by atoms with van der Waals surface area (Å²) in [6, 6.07) is 10.0. The van der Waals surface area contributed by atoms with Gasteiger partial charge in [-0.3, -0.25) is 4.79 Å². The van der Waals surface area contributed by atoms with Crippen LogP contribution in [0.2, 0.25) is 10.0 Å². The summed E-state index contributed by atoms with van der Waals surface area (Å²) >= 11 is 11.9. The van der Waals surface area contributed by atoms with Gasteiger partial charge in [-0.1, -0.05) is 29.3 Å². The van der Waals surface area contributed by atoms with Gasteiger partial charge in [0.15, 0.2) is 0 Å². The minimum absolute atomic E-state index is 0.00324. The summed E-state index contributed by atoms with van der Waals surface area (Å²) in [5, 5.41) is 15.7. The van der Waals surface area contributed by atoms with Crippen molar-refractivity contribution in [1.29, 1.82) is 0 Å². The standard InChI is InChI=1S/C21H17Cl2FN2O4/c1-30-11-19-16(20(27)26(25-19)15-5-3-14(24)4-6-15)10-13(21(28)29)8-12-2-7-17(22)18(23)9-12/h2-9,16H,10-11H2,1H3,(H,28,29). The number of carboxylic acids is 1. The van der Waals surface area contributed by atoms with E-state index in [4.69, 9.17) is 27.9 Å². The molecule has 156 valence electrons. The van der Waals surface area contributed by atoms with Crippen molar-refractivity contribution < 1.29 is 23.8 Å². The van der Waals surface area contributed by atoms with Gasteiger partial charge in [0, 0.05) is 12.7 Å². The van der Waals surface area contributed by atoms with Crippen molar-refractivity contribution in [2.45, 2.75) is 6.42 Å². The van der Waals surface area contributed by atoms with E-state index in [1.807, 2.05) is 0 Å². The summed E-state index contributed by atoms with van der Waals surface area (Å²) in [5.41, 5.74) is 1.29. The van der Waals surface area contributed by atoms with Crippen LogP contribution in [-0.4, -0.2) is 36.4 Å². The van der Waals surface area contributed by atoms with Crippen molar-refractivity contribution in [2.24, 2.45) is 11.0 Å². The Kier molecular flexibility index (Phi) is 6.87. The number of nitrogens with zero attached hydrogens (tertiary/aromatic N) is 2. The lowest BCUT2D eigenvalue weighted by atomic mass is 9.93. The van der Waals surface area contributed by atoms with Gasteiger partial charge in [0.2, 0.25) is 0 Å². The third kappa shape index (κ3) is 4.87. The number of benzene rings is 2. The second-order valence-electron chi connectivity index (χ2n) is 6.56. The van der Waals surface area contributed by atoms with Gasteiger partial charge in [-0.05, 0) is 54.5 Å². The maximum Gasteiger partial charge on any atom is 0.331 e. The molecular formula is C21H17Cl2FN2O4. The Labute approximate surface area is 182 Å². The number of ether oxygens (including phenoxy) is 1. The smallest absolute Gasteiger partial charge is 0.331 e. The fourth-order valence-electron chi connectivity index (χ4n) is 3.02. The van der Waals surface area contributed by atoms with E-state index in [1.54, 1.807) is 12.1 Å². The molecule has 0 fully saturated rings. The van der Waals surface area contributed by atoms with Crippen LogP contribution in [0.5, 0.6) is 0 Å². The van der Waals surface area contributed by atoms with E-state index < -0.39 is 23.6 Å². The molecule has 0 bridgehead atoms. The molecule has 1 unspecified atom stereocenters.